The van der Waals surface area contributed by atoms with Crippen LogP contribution in [0.15, 0.2) is 48.2 Å². The van der Waals surface area contributed by atoms with Crippen molar-refractivity contribution < 1.29 is 0 Å². The molecule has 7 heteroatoms. The van der Waals surface area contributed by atoms with Crippen LogP contribution in [0.1, 0.15) is 18.9 Å². The SMILES string of the molecule is CC1=CCCN(c2nnc(-c3cn[nH]n3)n2Cc2ccccc2)C1. The van der Waals surface area contributed by atoms with E-state index in [4.69, 9.17) is 0 Å². The highest BCUT2D eigenvalue weighted by Gasteiger charge is 2.22. The molecule has 4 rings (SSSR count). The van der Waals surface area contributed by atoms with E-state index in [9.17, 15) is 0 Å². The Bertz CT molecular complexity index is 833. The summed E-state index contributed by atoms with van der Waals surface area (Å²) in [6.45, 7) is 4.68. The van der Waals surface area contributed by atoms with Crippen LogP contribution in [0.5, 0.6) is 0 Å². The topological polar surface area (TPSA) is 75.5 Å². The molecule has 3 aromatic rings. The van der Waals surface area contributed by atoms with Gasteiger partial charge in [-0.15, -0.1) is 10.2 Å². The molecule has 0 saturated heterocycles. The van der Waals surface area contributed by atoms with Crippen molar-refractivity contribution >= 4 is 5.95 Å². The van der Waals surface area contributed by atoms with Crippen LogP contribution in [0, 0.1) is 0 Å². The second-order valence-corrected chi connectivity index (χ2v) is 6.01. The van der Waals surface area contributed by atoms with Crippen molar-refractivity contribution in [3.8, 4) is 11.5 Å². The number of rotatable bonds is 4. The Balaban J connectivity index is 1.75. The zero-order valence-corrected chi connectivity index (χ0v) is 13.6. The van der Waals surface area contributed by atoms with Crippen molar-refractivity contribution in [2.24, 2.45) is 0 Å². The number of hydrogen-bond donors (Lipinski definition) is 1. The molecule has 1 aliphatic rings. The molecule has 0 atom stereocenters. The van der Waals surface area contributed by atoms with Crippen molar-refractivity contribution in [3.05, 3.63) is 53.7 Å². The van der Waals surface area contributed by atoms with Gasteiger partial charge < -0.3 is 4.90 Å². The molecular weight excluding hydrogens is 302 g/mol. The van der Waals surface area contributed by atoms with Crippen LogP contribution in [0.25, 0.3) is 11.5 Å². The molecule has 24 heavy (non-hydrogen) atoms. The van der Waals surface area contributed by atoms with Crippen LogP contribution in [-0.2, 0) is 6.54 Å². The molecule has 3 heterocycles. The zero-order valence-electron chi connectivity index (χ0n) is 13.6. The van der Waals surface area contributed by atoms with E-state index in [2.05, 4.69) is 60.2 Å². The molecule has 1 aliphatic heterocycles. The highest BCUT2D eigenvalue weighted by molar-refractivity contribution is 5.52. The Morgan fingerprint density at radius 1 is 1.17 bits per heavy atom. The summed E-state index contributed by atoms with van der Waals surface area (Å²) in [5.74, 6) is 1.61. The molecule has 1 N–H and O–H groups in total. The summed E-state index contributed by atoms with van der Waals surface area (Å²) >= 11 is 0. The fourth-order valence-corrected chi connectivity index (χ4v) is 3.02. The van der Waals surface area contributed by atoms with Gasteiger partial charge in [-0.2, -0.15) is 15.4 Å². The van der Waals surface area contributed by atoms with E-state index in [0.717, 1.165) is 31.3 Å². The number of H-pyrrole nitrogens is 1. The van der Waals surface area contributed by atoms with E-state index < -0.39 is 0 Å². The molecule has 1 aromatic carbocycles. The molecule has 0 fully saturated rings. The second kappa shape index (κ2) is 6.27. The number of anilines is 1. The molecule has 0 aliphatic carbocycles. The first-order valence-corrected chi connectivity index (χ1v) is 8.05. The summed E-state index contributed by atoms with van der Waals surface area (Å²) < 4.78 is 2.12. The minimum atomic E-state index is 0.699. The molecule has 0 radical (unpaired) electrons. The maximum Gasteiger partial charge on any atom is 0.228 e. The Labute approximate surface area is 140 Å². The fourth-order valence-electron chi connectivity index (χ4n) is 3.02. The van der Waals surface area contributed by atoms with Crippen LogP contribution in [-0.4, -0.2) is 43.3 Å². The third-order valence-electron chi connectivity index (χ3n) is 4.17. The highest BCUT2D eigenvalue weighted by atomic mass is 15.4. The molecule has 0 amide bonds. The van der Waals surface area contributed by atoms with Crippen LogP contribution >= 0.6 is 0 Å². The van der Waals surface area contributed by atoms with Gasteiger partial charge in [0.2, 0.25) is 5.95 Å². The number of nitrogens with zero attached hydrogens (tertiary/aromatic N) is 6. The Kier molecular flexibility index (Phi) is 3.82. The van der Waals surface area contributed by atoms with Gasteiger partial charge in [0.15, 0.2) is 5.82 Å². The summed E-state index contributed by atoms with van der Waals surface area (Å²) in [5.41, 5.74) is 3.26. The zero-order chi connectivity index (χ0) is 16.4. The molecular formula is C17H19N7. The van der Waals surface area contributed by atoms with E-state index in [0.29, 0.717) is 12.2 Å². The third kappa shape index (κ3) is 2.80. The summed E-state index contributed by atoms with van der Waals surface area (Å²) in [4.78, 5) is 2.27. The molecule has 2 aromatic heterocycles. The van der Waals surface area contributed by atoms with E-state index in [-0.39, 0.29) is 0 Å². The first-order chi connectivity index (χ1) is 11.8. The average molecular weight is 321 g/mol. The van der Waals surface area contributed by atoms with Crippen molar-refractivity contribution in [1.29, 1.82) is 0 Å². The number of aromatic nitrogens is 6. The normalized spacial score (nSPS) is 14.7. The van der Waals surface area contributed by atoms with Crippen LogP contribution in [0.3, 0.4) is 0 Å². The number of benzene rings is 1. The smallest absolute Gasteiger partial charge is 0.228 e. The number of aromatic amines is 1. The van der Waals surface area contributed by atoms with Gasteiger partial charge in [-0.05, 0) is 18.9 Å². The second-order valence-electron chi connectivity index (χ2n) is 6.01. The van der Waals surface area contributed by atoms with Crippen molar-refractivity contribution in [2.45, 2.75) is 19.9 Å². The minimum Gasteiger partial charge on any atom is -0.337 e. The van der Waals surface area contributed by atoms with Gasteiger partial charge in [0.25, 0.3) is 0 Å². The van der Waals surface area contributed by atoms with Crippen molar-refractivity contribution in [1.82, 2.24) is 30.2 Å². The molecule has 0 spiro atoms. The Hall–Kier alpha value is -2.96. The maximum absolute atomic E-state index is 4.46. The van der Waals surface area contributed by atoms with Crippen LogP contribution in [0.2, 0.25) is 0 Å². The predicted octanol–water partition coefficient (Wildman–Crippen LogP) is 2.27. The summed E-state index contributed by atoms with van der Waals surface area (Å²) in [6, 6.07) is 10.3. The monoisotopic (exact) mass is 321 g/mol. The summed E-state index contributed by atoms with van der Waals surface area (Å²) in [7, 11) is 0. The Morgan fingerprint density at radius 3 is 2.79 bits per heavy atom. The fraction of sp³-hybridized carbons (Fsp3) is 0.294. The van der Waals surface area contributed by atoms with Gasteiger partial charge in [0, 0.05) is 13.1 Å². The van der Waals surface area contributed by atoms with Crippen LogP contribution < -0.4 is 4.90 Å². The summed E-state index contributed by atoms with van der Waals surface area (Å²) in [5, 5.41) is 19.6. The predicted molar refractivity (Wildman–Crippen MR) is 91.5 cm³/mol. The molecule has 0 bridgehead atoms. The quantitative estimate of drug-likeness (QED) is 0.746. The number of hydrogen-bond acceptors (Lipinski definition) is 5. The molecule has 122 valence electrons. The van der Waals surface area contributed by atoms with E-state index in [1.54, 1.807) is 6.20 Å². The first-order valence-electron chi connectivity index (χ1n) is 8.05. The molecule has 7 nitrogen and oxygen atoms in total. The summed E-state index contributed by atoms with van der Waals surface area (Å²) in [6.07, 6.45) is 4.99. The van der Waals surface area contributed by atoms with Gasteiger partial charge >= 0.3 is 0 Å². The maximum atomic E-state index is 4.46. The largest absolute Gasteiger partial charge is 0.337 e. The van der Waals surface area contributed by atoms with E-state index in [1.165, 1.54) is 11.1 Å². The third-order valence-corrected chi connectivity index (χ3v) is 4.17. The highest BCUT2D eigenvalue weighted by Crippen LogP contribution is 2.24. The molecule has 0 unspecified atom stereocenters. The van der Waals surface area contributed by atoms with E-state index in [1.807, 2.05) is 18.2 Å². The minimum absolute atomic E-state index is 0.699. The van der Waals surface area contributed by atoms with Gasteiger partial charge in [-0.3, -0.25) is 4.57 Å². The van der Waals surface area contributed by atoms with Gasteiger partial charge in [-0.25, -0.2) is 0 Å². The van der Waals surface area contributed by atoms with Crippen LogP contribution in [0.4, 0.5) is 5.95 Å². The lowest BCUT2D eigenvalue weighted by atomic mass is 10.1. The lowest BCUT2D eigenvalue weighted by Gasteiger charge is -2.27. The molecule has 0 saturated carbocycles. The van der Waals surface area contributed by atoms with Gasteiger partial charge in [0.05, 0.1) is 12.7 Å². The standard InChI is InChI=1S/C17H19N7/c1-13-6-5-9-23(11-13)17-21-20-16(15-10-18-22-19-15)24(17)12-14-7-3-2-4-8-14/h2-4,6-8,10H,5,9,11-12H2,1H3,(H,18,19,22). The average Bonchev–Trinajstić information content (AvgIpc) is 3.25. The van der Waals surface area contributed by atoms with Crippen molar-refractivity contribution in [2.75, 3.05) is 18.0 Å². The van der Waals surface area contributed by atoms with Crippen molar-refractivity contribution in [3.63, 3.8) is 0 Å². The lowest BCUT2D eigenvalue weighted by Crippen LogP contribution is -2.31. The first kappa shape index (κ1) is 14.6. The van der Waals surface area contributed by atoms with Gasteiger partial charge in [0.1, 0.15) is 5.69 Å². The lowest BCUT2D eigenvalue weighted by molar-refractivity contribution is 0.708. The Morgan fingerprint density at radius 2 is 2.04 bits per heavy atom. The number of nitrogens with one attached hydrogen (secondary N) is 1. The van der Waals surface area contributed by atoms with Gasteiger partial charge in [-0.1, -0.05) is 42.0 Å². The van der Waals surface area contributed by atoms with E-state index >= 15 is 0 Å².